The molecule has 5 nitrogen and oxygen atoms in total. The number of halogens is 2. The third-order valence-electron chi connectivity index (χ3n) is 2.91. The quantitative estimate of drug-likeness (QED) is 0.806. The highest BCUT2D eigenvalue weighted by Crippen LogP contribution is 2.14. The zero-order chi connectivity index (χ0) is 15.5. The summed E-state index contributed by atoms with van der Waals surface area (Å²) in [5, 5.41) is 7.09. The van der Waals surface area contributed by atoms with E-state index in [4.69, 9.17) is 11.6 Å². The molecule has 0 aliphatic carbocycles. The Morgan fingerprint density at radius 1 is 1.14 bits per heavy atom. The van der Waals surface area contributed by atoms with Crippen molar-refractivity contribution in [1.29, 1.82) is 0 Å². The Morgan fingerprint density at radius 2 is 1.86 bits per heavy atom. The monoisotopic (exact) mass is 316 g/mol. The van der Waals surface area contributed by atoms with Gasteiger partial charge in [0.05, 0.1) is 11.4 Å². The maximum atomic E-state index is 13.5. The van der Waals surface area contributed by atoms with Crippen molar-refractivity contribution in [3.05, 3.63) is 71.5 Å². The van der Waals surface area contributed by atoms with E-state index in [0.29, 0.717) is 10.7 Å². The van der Waals surface area contributed by atoms with Crippen LogP contribution in [0.5, 0.6) is 0 Å². The van der Waals surface area contributed by atoms with E-state index < -0.39 is 11.7 Å². The van der Waals surface area contributed by atoms with Crippen molar-refractivity contribution in [3.8, 4) is 5.69 Å². The van der Waals surface area contributed by atoms with Crippen LogP contribution in [-0.4, -0.2) is 20.7 Å². The minimum absolute atomic E-state index is 0.0572. The van der Waals surface area contributed by atoms with E-state index in [-0.39, 0.29) is 11.5 Å². The molecule has 0 aliphatic rings. The Labute approximate surface area is 130 Å². The van der Waals surface area contributed by atoms with Crippen molar-refractivity contribution in [3.63, 3.8) is 0 Å². The first-order chi connectivity index (χ1) is 10.6. The van der Waals surface area contributed by atoms with E-state index in [1.54, 1.807) is 36.4 Å². The zero-order valence-electron chi connectivity index (χ0n) is 11.2. The van der Waals surface area contributed by atoms with Crippen molar-refractivity contribution in [2.45, 2.75) is 0 Å². The Morgan fingerprint density at radius 3 is 2.59 bits per heavy atom. The van der Waals surface area contributed by atoms with E-state index in [0.717, 1.165) is 0 Å². The van der Waals surface area contributed by atoms with Crippen molar-refractivity contribution < 1.29 is 9.18 Å². The number of nitrogens with one attached hydrogen (secondary N) is 1. The lowest BCUT2D eigenvalue weighted by atomic mass is 10.3. The summed E-state index contributed by atoms with van der Waals surface area (Å²) >= 11 is 5.81. The molecular formula is C15H10ClFN4O. The molecule has 3 aromatic rings. The Kier molecular flexibility index (Phi) is 3.84. The number of carbonyl (C=O) groups is 1. The van der Waals surface area contributed by atoms with Crippen LogP contribution < -0.4 is 5.32 Å². The smallest absolute Gasteiger partial charge is 0.295 e. The standard InChI is InChI=1S/C15H10ClFN4O/c16-10-5-7-11(8-6-10)21-9-18-14(20-21)15(22)19-13-4-2-1-3-12(13)17/h1-9H,(H,19,22). The summed E-state index contributed by atoms with van der Waals surface area (Å²) in [6.45, 7) is 0. The van der Waals surface area contributed by atoms with Crippen LogP contribution in [0.15, 0.2) is 54.9 Å². The summed E-state index contributed by atoms with van der Waals surface area (Å²) in [7, 11) is 0. The van der Waals surface area contributed by atoms with Crippen LogP contribution in [0.2, 0.25) is 5.02 Å². The molecule has 0 spiro atoms. The summed E-state index contributed by atoms with van der Waals surface area (Å²) < 4.78 is 14.9. The van der Waals surface area contributed by atoms with Crippen molar-refractivity contribution in [2.75, 3.05) is 5.32 Å². The lowest BCUT2D eigenvalue weighted by molar-refractivity contribution is 0.101. The fourth-order valence-corrected chi connectivity index (χ4v) is 1.95. The van der Waals surface area contributed by atoms with E-state index in [1.807, 2.05) is 0 Å². The molecule has 0 aliphatic heterocycles. The van der Waals surface area contributed by atoms with Gasteiger partial charge in [0.2, 0.25) is 5.82 Å². The predicted molar refractivity (Wildman–Crippen MR) is 80.7 cm³/mol. The number of nitrogens with zero attached hydrogens (tertiary/aromatic N) is 3. The van der Waals surface area contributed by atoms with Crippen molar-refractivity contribution in [2.24, 2.45) is 0 Å². The highest BCUT2D eigenvalue weighted by atomic mass is 35.5. The third kappa shape index (κ3) is 2.96. The Hall–Kier alpha value is -2.73. The number of hydrogen-bond acceptors (Lipinski definition) is 3. The summed E-state index contributed by atoms with van der Waals surface area (Å²) in [5.74, 6) is -1.16. The predicted octanol–water partition coefficient (Wildman–Crippen LogP) is 3.31. The van der Waals surface area contributed by atoms with Gasteiger partial charge >= 0.3 is 0 Å². The molecule has 0 fully saturated rings. The minimum Gasteiger partial charge on any atom is -0.317 e. The van der Waals surface area contributed by atoms with Gasteiger partial charge in [0.1, 0.15) is 12.1 Å². The molecule has 1 heterocycles. The third-order valence-corrected chi connectivity index (χ3v) is 3.16. The molecule has 1 N–H and O–H groups in total. The van der Waals surface area contributed by atoms with E-state index >= 15 is 0 Å². The van der Waals surface area contributed by atoms with Gasteiger partial charge in [0, 0.05) is 5.02 Å². The second-order valence-electron chi connectivity index (χ2n) is 4.42. The first-order valence-corrected chi connectivity index (χ1v) is 6.75. The number of benzene rings is 2. The van der Waals surface area contributed by atoms with Crippen LogP contribution in [0.1, 0.15) is 10.6 Å². The van der Waals surface area contributed by atoms with Crippen LogP contribution in [0.4, 0.5) is 10.1 Å². The molecule has 22 heavy (non-hydrogen) atoms. The minimum atomic E-state index is -0.585. The van der Waals surface area contributed by atoms with Crippen LogP contribution in [-0.2, 0) is 0 Å². The van der Waals surface area contributed by atoms with Gasteiger partial charge in [-0.25, -0.2) is 14.1 Å². The topological polar surface area (TPSA) is 59.8 Å². The van der Waals surface area contributed by atoms with Gasteiger partial charge in [-0.15, -0.1) is 5.10 Å². The van der Waals surface area contributed by atoms with Gasteiger partial charge in [-0.1, -0.05) is 23.7 Å². The molecule has 1 aromatic heterocycles. The van der Waals surface area contributed by atoms with E-state index in [2.05, 4.69) is 15.4 Å². The average Bonchev–Trinajstić information content (AvgIpc) is 3.00. The number of rotatable bonds is 3. The zero-order valence-corrected chi connectivity index (χ0v) is 12.0. The summed E-state index contributed by atoms with van der Waals surface area (Å²) in [6.07, 6.45) is 1.40. The molecule has 0 radical (unpaired) electrons. The number of aromatic nitrogens is 3. The first-order valence-electron chi connectivity index (χ1n) is 6.37. The highest BCUT2D eigenvalue weighted by Gasteiger charge is 2.14. The van der Waals surface area contributed by atoms with Crippen LogP contribution in [0.25, 0.3) is 5.69 Å². The number of anilines is 1. The second kappa shape index (κ2) is 5.95. The Bertz CT molecular complexity index is 816. The van der Waals surface area contributed by atoms with E-state index in [1.165, 1.54) is 23.1 Å². The molecule has 7 heteroatoms. The highest BCUT2D eigenvalue weighted by molar-refractivity contribution is 6.30. The maximum Gasteiger partial charge on any atom is 0.295 e. The SMILES string of the molecule is O=C(Nc1ccccc1F)c1ncn(-c2ccc(Cl)cc2)n1. The van der Waals surface area contributed by atoms with Gasteiger partial charge in [0.15, 0.2) is 0 Å². The molecule has 0 bridgehead atoms. The van der Waals surface area contributed by atoms with Gasteiger partial charge < -0.3 is 5.32 Å². The molecular weight excluding hydrogens is 307 g/mol. The van der Waals surface area contributed by atoms with Crippen molar-refractivity contribution in [1.82, 2.24) is 14.8 Å². The van der Waals surface area contributed by atoms with Crippen molar-refractivity contribution >= 4 is 23.2 Å². The lowest BCUT2D eigenvalue weighted by Gasteiger charge is -2.03. The number of carbonyl (C=O) groups excluding carboxylic acids is 1. The maximum absolute atomic E-state index is 13.5. The Balaban J connectivity index is 1.80. The normalized spacial score (nSPS) is 10.5. The van der Waals surface area contributed by atoms with Gasteiger partial charge in [-0.05, 0) is 36.4 Å². The summed E-state index contributed by atoms with van der Waals surface area (Å²) in [4.78, 5) is 16.0. The summed E-state index contributed by atoms with van der Waals surface area (Å²) in [5.41, 5.74) is 0.789. The van der Waals surface area contributed by atoms with Crippen LogP contribution in [0, 0.1) is 5.82 Å². The molecule has 0 saturated heterocycles. The molecule has 2 aromatic carbocycles. The first kappa shape index (κ1) is 14.2. The van der Waals surface area contributed by atoms with Gasteiger partial charge in [0.25, 0.3) is 5.91 Å². The van der Waals surface area contributed by atoms with Gasteiger partial charge in [-0.2, -0.15) is 0 Å². The fourth-order valence-electron chi connectivity index (χ4n) is 1.83. The lowest BCUT2D eigenvalue weighted by Crippen LogP contribution is -2.15. The average molecular weight is 317 g/mol. The molecule has 110 valence electrons. The molecule has 0 unspecified atom stereocenters. The number of para-hydroxylation sites is 1. The molecule has 1 amide bonds. The van der Waals surface area contributed by atoms with Gasteiger partial charge in [-0.3, -0.25) is 4.79 Å². The van der Waals surface area contributed by atoms with E-state index in [9.17, 15) is 9.18 Å². The van der Waals surface area contributed by atoms with Crippen LogP contribution in [0.3, 0.4) is 0 Å². The molecule has 0 saturated carbocycles. The second-order valence-corrected chi connectivity index (χ2v) is 4.86. The van der Waals surface area contributed by atoms with Crippen LogP contribution >= 0.6 is 11.6 Å². The molecule has 0 atom stereocenters. The largest absolute Gasteiger partial charge is 0.317 e. The number of hydrogen-bond donors (Lipinski definition) is 1. The summed E-state index contributed by atoms with van der Waals surface area (Å²) in [6, 6.07) is 12.8. The molecule has 3 rings (SSSR count). The fraction of sp³-hybridized carbons (Fsp3) is 0. The number of amides is 1.